The molecule has 0 aromatic heterocycles. The van der Waals surface area contributed by atoms with Crippen molar-refractivity contribution in [1.82, 2.24) is 0 Å². The Morgan fingerprint density at radius 3 is 2.72 bits per heavy atom. The number of phenolic OH excluding ortho intramolecular Hbond substituents is 1. The summed E-state index contributed by atoms with van der Waals surface area (Å²) in [5.74, 6) is -0.441. The second-order valence-corrected chi connectivity index (χ2v) is 6.53. The maximum atomic E-state index is 12.0. The SMILES string of the molecule is CO[C@H](/C=C/C(=O)Nc1ccccc1N)[C@H](O)c1cc(I)ccc1O. The Balaban J connectivity index is 2.10. The van der Waals surface area contributed by atoms with Gasteiger partial charge in [0, 0.05) is 22.3 Å². The molecule has 2 rings (SSSR count). The molecule has 5 N–H and O–H groups in total. The van der Waals surface area contributed by atoms with Crippen LogP contribution in [0.4, 0.5) is 11.4 Å². The molecule has 0 fully saturated rings. The van der Waals surface area contributed by atoms with Crippen LogP contribution in [-0.4, -0.2) is 29.3 Å². The van der Waals surface area contributed by atoms with Crippen LogP contribution in [0.15, 0.2) is 54.6 Å². The Morgan fingerprint density at radius 2 is 2.04 bits per heavy atom. The normalized spacial score (nSPS) is 13.6. The van der Waals surface area contributed by atoms with Crippen LogP contribution in [0.1, 0.15) is 11.7 Å². The minimum absolute atomic E-state index is 0.0372. The highest BCUT2D eigenvalue weighted by atomic mass is 127. The van der Waals surface area contributed by atoms with E-state index < -0.39 is 18.1 Å². The van der Waals surface area contributed by atoms with Crippen LogP contribution in [0, 0.1) is 3.57 Å². The second kappa shape index (κ2) is 8.84. The number of methoxy groups -OCH3 is 1. The Labute approximate surface area is 159 Å². The molecular formula is C18H19IN2O4. The van der Waals surface area contributed by atoms with Crippen molar-refractivity contribution in [3.8, 4) is 5.75 Å². The van der Waals surface area contributed by atoms with Gasteiger partial charge in [-0.3, -0.25) is 4.79 Å². The molecule has 2 aromatic rings. The topological polar surface area (TPSA) is 105 Å². The molecule has 7 heteroatoms. The third-order valence-electron chi connectivity index (χ3n) is 3.55. The molecule has 132 valence electrons. The van der Waals surface area contributed by atoms with Crippen LogP contribution in [0.3, 0.4) is 0 Å². The number of rotatable bonds is 6. The lowest BCUT2D eigenvalue weighted by atomic mass is 10.0. The summed E-state index contributed by atoms with van der Waals surface area (Å²) < 4.78 is 6.09. The van der Waals surface area contributed by atoms with Gasteiger partial charge in [-0.1, -0.05) is 12.1 Å². The fraction of sp³-hybridized carbons (Fsp3) is 0.167. The zero-order chi connectivity index (χ0) is 18.4. The molecule has 0 heterocycles. The highest BCUT2D eigenvalue weighted by molar-refractivity contribution is 14.1. The fourth-order valence-electron chi connectivity index (χ4n) is 2.22. The van der Waals surface area contributed by atoms with E-state index in [4.69, 9.17) is 10.5 Å². The zero-order valence-electron chi connectivity index (χ0n) is 13.5. The van der Waals surface area contributed by atoms with Gasteiger partial charge in [0.2, 0.25) is 5.91 Å². The Bertz CT molecular complexity index is 779. The first-order valence-electron chi connectivity index (χ1n) is 7.45. The molecule has 0 radical (unpaired) electrons. The molecule has 2 atom stereocenters. The largest absolute Gasteiger partial charge is 0.508 e. The van der Waals surface area contributed by atoms with Crippen LogP contribution >= 0.6 is 22.6 Å². The van der Waals surface area contributed by atoms with Gasteiger partial charge in [0.25, 0.3) is 0 Å². The van der Waals surface area contributed by atoms with Gasteiger partial charge >= 0.3 is 0 Å². The minimum atomic E-state index is -1.12. The zero-order valence-corrected chi connectivity index (χ0v) is 15.7. The van der Waals surface area contributed by atoms with Crippen molar-refractivity contribution in [2.75, 3.05) is 18.2 Å². The first kappa shape index (κ1) is 19.2. The molecule has 0 aliphatic carbocycles. The molecule has 0 bridgehead atoms. The third kappa shape index (κ3) is 5.18. The van der Waals surface area contributed by atoms with Crippen LogP contribution < -0.4 is 11.1 Å². The Hall–Kier alpha value is -2.10. The number of amides is 1. The van der Waals surface area contributed by atoms with Crippen molar-refractivity contribution in [1.29, 1.82) is 0 Å². The number of aromatic hydroxyl groups is 1. The number of ether oxygens (including phenoxy) is 1. The number of aliphatic hydroxyl groups excluding tert-OH is 1. The van der Waals surface area contributed by atoms with Gasteiger partial charge in [-0.15, -0.1) is 0 Å². The summed E-state index contributed by atoms with van der Waals surface area (Å²) in [5.41, 5.74) is 7.06. The summed E-state index contributed by atoms with van der Waals surface area (Å²) in [6.07, 6.45) is 0.765. The van der Waals surface area contributed by atoms with Crippen molar-refractivity contribution < 1.29 is 19.7 Å². The number of para-hydroxylation sites is 2. The highest BCUT2D eigenvalue weighted by Gasteiger charge is 2.21. The number of nitrogens with one attached hydrogen (secondary N) is 1. The van der Waals surface area contributed by atoms with Gasteiger partial charge < -0.3 is 26.0 Å². The van der Waals surface area contributed by atoms with E-state index in [0.29, 0.717) is 16.9 Å². The van der Waals surface area contributed by atoms with E-state index in [9.17, 15) is 15.0 Å². The molecule has 0 spiro atoms. The number of phenols is 1. The summed E-state index contributed by atoms with van der Waals surface area (Å²) in [7, 11) is 1.41. The predicted molar refractivity (Wildman–Crippen MR) is 105 cm³/mol. The number of carbonyl (C=O) groups is 1. The quantitative estimate of drug-likeness (QED) is 0.305. The molecule has 25 heavy (non-hydrogen) atoms. The maximum Gasteiger partial charge on any atom is 0.248 e. The van der Waals surface area contributed by atoms with Gasteiger partial charge in [-0.2, -0.15) is 0 Å². The molecule has 0 saturated heterocycles. The molecule has 0 aliphatic rings. The fourth-order valence-corrected chi connectivity index (χ4v) is 2.73. The number of hydrogen-bond acceptors (Lipinski definition) is 5. The molecule has 2 aromatic carbocycles. The number of hydrogen-bond donors (Lipinski definition) is 4. The van der Waals surface area contributed by atoms with Crippen molar-refractivity contribution >= 4 is 39.9 Å². The van der Waals surface area contributed by atoms with Crippen LogP contribution in [-0.2, 0) is 9.53 Å². The van der Waals surface area contributed by atoms with Gasteiger partial charge in [-0.25, -0.2) is 0 Å². The number of carbonyl (C=O) groups excluding carboxylic acids is 1. The number of benzene rings is 2. The van der Waals surface area contributed by atoms with E-state index in [1.165, 1.54) is 25.3 Å². The van der Waals surface area contributed by atoms with Crippen molar-refractivity contribution in [2.24, 2.45) is 0 Å². The summed E-state index contributed by atoms with van der Waals surface area (Å²) in [4.78, 5) is 12.0. The number of nitrogen functional groups attached to an aromatic ring is 1. The van der Waals surface area contributed by atoms with Crippen LogP contribution in [0.5, 0.6) is 5.75 Å². The molecular weight excluding hydrogens is 435 g/mol. The lowest BCUT2D eigenvalue weighted by Gasteiger charge is -2.20. The van der Waals surface area contributed by atoms with E-state index in [1.54, 1.807) is 36.4 Å². The summed E-state index contributed by atoms with van der Waals surface area (Å²) in [6, 6.07) is 11.8. The van der Waals surface area contributed by atoms with E-state index in [1.807, 2.05) is 0 Å². The second-order valence-electron chi connectivity index (χ2n) is 5.28. The van der Waals surface area contributed by atoms with E-state index in [2.05, 4.69) is 27.9 Å². The Morgan fingerprint density at radius 1 is 1.32 bits per heavy atom. The van der Waals surface area contributed by atoms with Gasteiger partial charge in [0.15, 0.2) is 0 Å². The third-order valence-corrected chi connectivity index (χ3v) is 4.22. The number of aliphatic hydroxyl groups is 1. The molecule has 1 amide bonds. The molecule has 0 saturated carbocycles. The van der Waals surface area contributed by atoms with Crippen molar-refractivity contribution in [2.45, 2.75) is 12.2 Å². The summed E-state index contributed by atoms with van der Waals surface area (Å²) in [5, 5.41) is 23.0. The monoisotopic (exact) mass is 454 g/mol. The molecule has 6 nitrogen and oxygen atoms in total. The van der Waals surface area contributed by atoms with E-state index in [-0.39, 0.29) is 5.75 Å². The number of halogens is 1. The molecule has 0 aliphatic heterocycles. The van der Waals surface area contributed by atoms with Crippen molar-refractivity contribution in [3.05, 3.63) is 63.8 Å². The van der Waals surface area contributed by atoms with E-state index in [0.717, 1.165) is 3.57 Å². The number of nitrogens with two attached hydrogens (primary N) is 1. The smallest absolute Gasteiger partial charge is 0.248 e. The first-order chi connectivity index (χ1) is 11.9. The van der Waals surface area contributed by atoms with Gasteiger partial charge in [0.05, 0.1) is 11.4 Å². The molecule has 0 unspecified atom stereocenters. The maximum absolute atomic E-state index is 12.0. The van der Waals surface area contributed by atoms with Crippen LogP contribution in [0.25, 0.3) is 0 Å². The van der Waals surface area contributed by atoms with Crippen LogP contribution in [0.2, 0.25) is 0 Å². The van der Waals surface area contributed by atoms with Gasteiger partial charge in [0.1, 0.15) is 18.0 Å². The standard InChI is InChI=1S/C18H19IN2O4/c1-25-16(18(24)12-10-11(19)6-7-15(12)22)8-9-17(23)21-14-5-3-2-4-13(14)20/h2-10,16,18,22,24H,20H2,1H3,(H,21,23)/b9-8+/t16-,18-/m1/s1. The average Bonchev–Trinajstić information content (AvgIpc) is 2.59. The first-order valence-corrected chi connectivity index (χ1v) is 8.53. The van der Waals surface area contributed by atoms with E-state index >= 15 is 0 Å². The lowest BCUT2D eigenvalue weighted by molar-refractivity contribution is -0.112. The average molecular weight is 454 g/mol. The predicted octanol–water partition coefficient (Wildman–Crippen LogP) is 2.82. The summed E-state index contributed by atoms with van der Waals surface area (Å²) >= 11 is 2.08. The lowest BCUT2D eigenvalue weighted by Crippen LogP contribution is -2.20. The van der Waals surface area contributed by atoms with Crippen molar-refractivity contribution in [3.63, 3.8) is 0 Å². The number of anilines is 2. The Kier molecular flexibility index (Phi) is 6.80. The minimum Gasteiger partial charge on any atom is -0.508 e. The van der Waals surface area contributed by atoms with Gasteiger partial charge in [-0.05, 0) is 59.0 Å². The summed E-state index contributed by atoms with van der Waals surface area (Å²) in [6.45, 7) is 0. The highest BCUT2D eigenvalue weighted by Crippen LogP contribution is 2.29.